The summed E-state index contributed by atoms with van der Waals surface area (Å²) in [5.74, 6) is -0.0768. The second-order valence-electron chi connectivity index (χ2n) is 4.48. The fourth-order valence-electron chi connectivity index (χ4n) is 1.95. The predicted molar refractivity (Wildman–Crippen MR) is 62.1 cm³/mol. The smallest absolute Gasteiger partial charge is 0.303 e. The van der Waals surface area contributed by atoms with E-state index >= 15 is 0 Å². The van der Waals surface area contributed by atoms with Crippen LogP contribution in [-0.4, -0.2) is 20.6 Å². The molecule has 1 aliphatic carbocycles. The van der Waals surface area contributed by atoms with Crippen LogP contribution in [0.4, 0.5) is 0 Å². The number of carboxylic acid groups (broad SMARTS) is 1. The lowest BCUT2D eigenvalue weighted by molar-refractivity contribution is -0.137. The minimum atomic E-state index is -0.826. The molecule has 17 heavy (non-hydrogen) atoms. The van der Waals surface area contributed by atoms with Crippen LogP contribution in [0.25, 0.3) is 0 Å². The summed E-state index contributed by atoms with van der Waals surface area (Å²) in [5.41, 5.74) is 0.633. The standard InChI is InChI=1S/C12H16N2O3/c1-8-13-7-9(3-2-4-11(15)16)12(17)14(8)10-5-6-10/h7,10H,2-6H2,1H3,(H,15,16). The minimum absolute atomic E-state index is 0.00499. The molecule has 0 saturated heterocycles. The second kappa shape index (κ2) is 4.69. The molecule has 1 saturated carbocycles. The first-order chi connectivity index (χ1) is 8.09. The van der Waals surface area contributed by atoms with E-state index in [1.807, 2.05) is 6.92 Å². The van der Waals surface area contributed by atoms with Crippen molar-refractivity contribution in [2.45, 2.75) is 45.1 Å². The molecular weight excluding hydrogens is 220 g/mol. The van der Waals surface area contributed by atoms with E-state index in [-0.39, 0.29) is 12.0 Å². The van der Waals surface area contributed by atoms with Crippen molar-refractivity contribution in [3.63, 3.8) is 0 Å². The Hall–Kier alpha value is -1.65. The number of aliphatic carboxylic acids is 1. The molecule has 1 aliphatic rings. The molecular formula is C12H16N2O3. The molecule has 0 aromatic carbocycles. The van der Waals surface area contributed by atoms with Crippen molar-refractivity contribution in [1.29, 1.82) is 0 Å². The maximum absolute atomic E-state index is 12.1. The molecule has 1 aromatic rings. The van der Waals surface area contributed by atoms with Gasteiger partial charge in [-0.2, -0.15) is 0 Å². The molecule has 1 N–H and O–H groups in total. The Bertz CT molecular complexity index is 489. The van der Waals surface area contributed by atoms with Crippen molar-refractivity contribution in [2.24, 2.45) is 0 Å². The van der Waals surface area contributed by atoms with Crippen molar-refractivity contribution in [3.8, 4) is 0 Å². The van der Waals surface area contributed by atoms with Gasteiger partial charge in [-0.1, -0.05) is 0 Å². The Morgan fingerprint density at radius 3 is 2.88 bits per heavy atom. The number of hydrogen-bond acceptors (Lipinski definition) is 3. The largest absolute Gasteiger partial charge is 0.481 e. The van der Waals surface area contributed by atoms with Crippen LogP contribution in [0.5, 0.6) is 0 Å². The fourth-order valence-corrected chi connectivity index (χ4v) is 1.95. The molecule has 5 nitrogen and oxygen atoms in total. The number of hydrogen-bond donors (Lipinski definition) is 1. The van der Waals surface area contributed by atoms with Crippen molar-refractivity contribution in [1.82, 2.24) is 9.55 Å². The van der Waals surface area contributed by atoms with E-state index in [0.717, 1.165) is 18.7 Å². The molecule has 0 unspecified atom stereocenters. The highest BCUT2D eigenvalue weighted by molar-refractivity contribution is 5.66. The molecule has 0 bridgehead atoms. The van der Waals surface area contributed by atoms with Gasteiger partial charge in [-0.25, -0.2) is 4.98 Å². The van der Waals surface area contributed by atoms with E-state index in [2.05, 4.69) is 4.98 Å². The average molecular weight is 236 g/mol. The van der Waals surface area contributed by atoms with Gasteiger partial charge in [0.05, 0.1) is 0 Å². The molecule has 0 atom stereocenters. The Balaban J connectivity index is 2.15. The third-order valence-electron chi connectivity index (χ3n) is 3.00. The van der Waals surface area contributed by atoms with Crippen LogP contribution in [-0.2, 0) is 11.2 Å². The maximum Gasteiger partial charge on any atom is 0.303 e. The van der Waals surface area contributed by atoms with Gasteiger partial charge in [0.15, 0.2) is 0 Å². The van der Waals surface area contributed by atoms with Crippen LogP contribution in [0.1, 0.15) is 43.1 Å². The third-order valence-corrected chi connectivity index (χ3v) is 3.00. The first kappa shape index (κ1) is 11.8. The monoisotopic (exact) mass is 236 g/mol. The molecule has 92 valence electrons. The third kappa shape index (κ3) is 2.72. The fraction of sp³-hybridized carbons (Fsp3) is 0.583. The number of carbonyl (C=O) groups is 1. The lowest BCUT2D eigenvalue weighted by Gasteiger charge is -2.09. The summed E-state index contributed by atoms with van der Waals surface area (Å²) < 4.78 is 1.75. The van der Waals surface area contributed by atoms with Gasteiger partial charge in [0.1, 0.15) is 5.82 Å². The van der Waals surface area contributed by atoms with Crippen molar-refractivity contribution >= 4 is 5.97 Å². The number of aromatic nitrogens is 2. The SMILES string of the molecule is Cc1ncc(CCCC(=O)O)c(=O)n1C1CC1. The second-order valence-corrected chi connectivity index (χ2v) is 4.48. The lowest BCUT2D eigenvalue weighted by atomic mass is 10.1. The number of carboxylic acids is 1. The highest BCUT2D eigenvalue weighted by Crippen LogP contribution is 2.34. The van der Waals surface area contributed by atoms with E-state index in [1.54, 1.807) is 10.8 Å². The Kier molecular flexibility index (Phi) is 3.26. The molecule has 0 radical (unpaired) electrons. The first-order valence-corrected chi connectivity index (χ1v) is 5.88. The molecule has 1 fully saturated rings. The van der Waals surface area contributed by atoms with Crippen molar-refractivity contribution in [2.75, 3.05) is 0 Å². The Morgan fingerprint density at radius 1 is 1.59 bits per heavy atom. The van der Waals surface area contributed by atoms with Gasteiger partial charge in [0.2, 0.25) is 0 Å². The van der Waals surface area contributed by atoms with E-state index in [0.29, 0.717) is 24.4 Å². The average Bonchev–Trinajstić information content (AvgIpc) is 3.05. The van der Waals surface area contributed by atoms with Gasteiger partial charge in [0, 0.05) is 24.2 Å². The van der Waals surface area contributed by atoms with Crippen LogP contribution >= 0.6 is 0 Å². The van der Waals surface area contributed by atoms with Crippen LogP contribution in [0, 0.1) is 6.92 Å². The summed E-state index contributed by atoms with van der Waals surface area (Å²) in [6, 6.07) is 0.314. The summed E-state index contributed by atoms with van der Waals surface area (Å²) in [5, 5.41) is 8.56. The zero-order chi connectivity index (χ0) is 12.4. The van der Waals surface area contributed by atoms with E-state index in [4.69, 9.17) is 5.11 Å². The molecule has 0 amide bonds. The Labute approximate surface area is 99.1 Å². The quantitative estimate of drug-likeness (QED) is 0.836. The van der Waals surface area contributed by atoms with E-state index in [1.165, 1.54) is 0 Å². The first-order valence-electron chi connectivity index (χ1n) is 5.88. The van der Waals surface area contributed by atoms with Crippen molar-refractivity contribution in [3.05, 3.63) is 27.9 Å². The highest BCUT2D eigenvalue weighted by atomic mass is 16.4. The number of nitrogens with zero attached hydrogens (tertiary/aromatic N) is 2. The maximum atomic E-state index is 12.1. The zero-order valence-electron chi connectivity index (χ0n) is 9.85. The van der Waals surface area contributed by atoms with E-state index in [9.17, 15) is 9.59 Å². The predicted octanol–water partition coefficient (Wildman–Crippen LogP) is 1.29. The van der Waals surface area contributed by atoms with Gasteiger partial charge < -0.3 is 5.11 Å². The molecule has 0 aliphatic heterocycles. The van der Waals surface area contributed by atoms with Crippen LogP contribution in [0.2, 0.25) is 0 Å². The van der Waals surface area contributed by atoms with Crippen molar-refractivity contribution < 1.29 is 9.90 Å². The highest BCUT2D eigenvalue weighted by Gasteiger charge is 2.26. The molecule has 1 heterocycles. The van der Waals surface area contributed by atoms with Crippen LogP contribution in [0.15, 0.2) is 11.0 Å². The zero-order valence-corrected chi connectivity index (χ0v) is 9.85. The van der Waals surface area contributed by atoms with Gasteiger partial charge in [-0.15, -0.1) is 0 Å². The van der Waals surface area contributed by atoms with Crippen LogP contribution < -0.4 is 5.56 Å². The van der Waals surface area contributed by atoms with E-state index < -0.39 is 5.97 Å². The summed E-state index contributed by atoms with van der Waals surface area (Å²) >= 11 is 0. The summed E-state index contributed by atoms with van der Waals surface area (Å²) in [6.07, 6.45) is 4.74. The Morgan fingerprint density at radius 2 is 2.29 bits per heavy atom. The van der Waals surface area contributed by atoms with Gasteiger partial charge in [-0.05, 0) is 32.6 Å². The lowest BCUT2D eigenvalue weighted by Crippen LogP contribution is -2.26. The molecule has 0 spiro atoms. The van der Waals surface area contributed by atoms with Crippen LogP contribution in [0.3, 0.4) is 0 Å². The number of aryl methyl sites for hydroxylation is 2. The molecule has 1 aromatic heterocycles. The van der Waals surface area contributed by atoms with Gasteiger partial charge in [-0.3, -0.25) is 14.2 Å². The minimum Gasteiger partial charge on any atom is -0.481 e. The summed E-state index contributed by atoms with van der Waals surface area (Å²) in [4.78, 5) is 26.8. The number of rotatable bonds is 5. The topological polar surface area (TPSA) is 72.2 Å². The van der Waals surface area contributed by atoms with Gasteiger partial charge in [0.25, 0.3) is 5.56 Å². The summed E-state index contributed by atoms with van der Waals surface area (Å²) in [6.45, 7) is 1.83. The molecule has 5 heteroatoms. The molecule has 2 rings (SSSR count). The summed E-state index contributed by atoms with van der Waals surface area (Å²) in [7, 11) is 0. The van der Waals surface area contributed by atoms with Gasteiger partial charge >= 0.3 is 5.97 Å². The normalized spacial score (nSPS) is 14.9.